The minimum absolute atomic E-state index is 0.261. The molecule has 0 N–H and O–H groups in total. The van der Waals surface area contributed by atoms with Crippen LogP contribution in [-0.4, -0.2) is 19.8 Å². The molecule has 1 aliphatic rings. The lowest BCUT2D eigenvalue weighted by atomic mass is 9.84. The van der Waals surface area contributed by atoms with Crippen LogP contribution in [0.3, 0.4) is 0 Å². The highest BCUT2D eigenvalue weighted by Gasteiger charge is 2.37. The Hall–Kier alpha value is -1.02. The molecule has 0 saturated carbocycles. The Labute approximate surface area is 104 Å². The van der Waals surface area contributed by atoms with Gasteiger partial charge in [0.25, 0.3) is 0 Å². The lowest BCUT2D eigenvalue weighted by Gasteiger charge is -2.40. The highest BCUT2D eigenvalue weighted by atomic mass is 16.5. The molecule has 2 rings (SSSR count). The molecule has 0 bridgehead atoms. The molecule has 0 aliphatic carbocycles. The van der Waals surface area contributed by atoms with Crippen LogP contribution < -0.4 is 4.74 Å². The van der Waals surface area contributed by atoms with Crippen molar-refractivity contribution in [2.24, 2.45) is 5.41 Å². The van der Waals surface area contributed by atoms with Gasteiger partial charge in [-0.05, 0) is 30.0 Å². The average Bonchev–Trinajstić information content (AvgIpc) is 2.29. The van der Waals surface area contributed by atoms with E-state index in [1.807, 2.05) is 0 Å². The molecule has 17 heavy (non-hydrogen) atoms. The fraction of sp³-hybridized carbons (Fsp3) is 0.600. The summed E-state index contributed by atoms with van der Waals surface area (Å²) in [5, 5.41) is 0. The SMILES string of the molecule is CCC1(COc2ccc(C(C)C)cc2)COC1. The van der Waals surface area contributed by atoms with Gasteiger partial charge in [0.15, 0.2) is 0 Å². The van der Waals surface area contributed by atoms with Gasteiger partial charge in [-0.15, -0.1) is 0 Å². The Bertz CT molecular complexity index is 344. The van der Waals surface area contributed by atoms with E-state index in [4.69, 9.17) is 9.47 Å². The predicted octanol–water partition coefficient (Wildman–Crippen LogP) is 3.62. The van der Waals surface area contributed by atoms with Crippen LogP contribution in [0.15, 0.2) is 24.3 Å². The molecule has 1 aliphatic heterocycles. The van der Waals surface area contributed by atoms with E-state index in [0.717, 1.165) is 32.0 Å². The second-order valence-corrected chi connectivity index (χ2v) is 5.36. The molecule has 0 spiro atoms. The summed E-state index contributed by atoms with van der Waals surface area (Å²) in [6, 6.07) is 8.43. The fourth-order valence-corrected chi connectivity index (χ4v) is 1.97. The first-order valence-electron chi connectivity index (χ1n) is 6.46. The van der Waals surface area contributed by atoms with Gasteiger partial charge in [-0.25, -0.2) is 0 Å². The normalized spacial score (nSPS) is 17.9. The van der Waals surface area contributed by atoms with Crippen molar-refractivity contribution in [3.05, 3.63) is 29.8 Å². The maximum absolute atomic E-state index is 5.86. The molecule has 2 nitrogen and oxygen atoms in total. The van der Waals surface area contributed by atoms with Gasteiger partial charge in [0.05, 0.1) is 25.2 Å². The van der Waals surface area contributed by atoms with E-state index in [2.05, 4.69) is 45.0 Å². The second kappa shape index (κ2) is 5.09. The Morgan fingerprint density at radius 3 is 2.29 bits per heavy atom. The van der Waals surface area contributed by atoms with Crippen molar-refractivity contribution < 1.29 is 9.47 Å². The van der Waals surface area contributed by atoms with Crippen molar-refractivity contribution in [2.45, 2.75) is 33.1 Å². The Kier molecular flexibility index (Phi) is 3.72. The third-order valence-electron chi connectivity index (χ3n) is 3.66. The third kappa shape index (κ3) is 2.81. The Morgan fingerprint density at radius 1 is 1.24 bits per heavy atom. The zero-order valence-corrected chi connectivity index (χ0v) is 11.0. The van der Waals surface area contributed by atoms with Crippen LogP contribution in [0, 0.1) is 5.41 Å². The van der Waals surface area contributed by atoms with Gasteiger partial charge in [0.1, 0.15) is 5.75 Å². The highest BCUT2D eigenvalue weighted by Crippen LogP contribution is 2.32. The molecular weight excluding hydrogens is 212 g/mol. The number of rotatable bonds is 5. The van der Waals surface area contributed by atoms with Crippen molar-refractivity contribution in [1.82, 2.24) is 0 Å². The third-order valence-corrected chi connectivity index (χ3v) is 3.66. The number of benzene rings is 1. The molecule has 1 saturated heterocycles. The van der Waals surface area contributed by atoms with Gasteiger partial charge in [-0.2, -0.15) is 0 Å². The maximum atomic E-state index is 5.86. The first-order valence-corrected chi connectivity index (χ1v) is 6.46. The molecule has 1 fully saturated rings. The number of ether oxygens (including phenoxy) is 2. The van der Waals surface area contributed by atoms with E-state index in [-0.39, 0.29) is 5.41 Å². The van der Waals surface area contributed by atoms with Crippen LogP contribution >= 0.6 is 0 Å². The lowest BCUT2D eigenvalue weighted by molar-refractivity contribution is -0.133. The monoisotopic (exact) mass is 234 g/mol. The smallest absolute Gasteiger partial charge is 0.119 e. The van der Waals surface area contributed by atoms with E-state index in [1.165, 1.54) is 5.56 Å². The van der Waals surface area contributed by atoms with Crippen molar-refractivity contribution in [2.75, 3.05) is 19.8 Å². The van der Waals surface area contributed by atoms with Gasteiger partial charge < -0.3 is 9.47 Å². The molecule has 2 heteroatoms. The van der Waals surface area contributed by atoms with E-state index in [0.29, 0.717) is 5.92 Å². The summed E-state index contributed by atoms with van der Waals surface area (Å²) in [7, 11) is 0. The van der Waals surface area contributed by atoms with E-state index >= 15 is 0 Å². The summed E-state index contributed by atoms with van der Waals surface area (Å²) in [5.74, 6) is 1.54. The summed E-state index contributed by atoms with van der Waals surface area (Å²) in [4.78, 5) is 0. The van der Waals surface area contributed by atoms with Crippen LogP contribution in [0.5, 0.6) is 5.75 Å². The minimum Gasteiger partial charge on any atom is -0.493 e. The van der Waals surface area contributed by atoms with Crippen LogP contribution in [0.2, 0.25) is 0 Å². The van der Waals surface area contributed by atoms with Gasteiger partial charge in [-0.3, -0.25) is 0 Å². The standard InChI is InChI=1S/C15H22O2/c1-4-15(9-16-10-15)11-17-14-7-5-13(6-8-14)12(2)3/h5-8,12H,4,9-11H2,1-3H3. The van der Waals surface area contributed by atoms with Gasteiger partial charge in [0.2, 0.25) is 0 Å². The van der Waals surface area contributed by atoms with Crippen molar-refractivity contribution in [3.8, 4) is 5.75 Å². The van der Waals surface area contributed by atoms with Crippen molar-refractivity contribution >= 4 is 0 Å². The van der Waals surface area contributed by atoms with Gasteiger partial charge in [-0.1, -0.05) is 32.9 Å². The van der Waals surface area contributed by atoms with Gasteiger partial charge in [0, 0.05) is 0 Å². The summed E-state index contributed by atoms with van der Waals surface area (Å²) in [6.45, 7) is 9.06. The van der Waals surface area contributed by atoms with Crippen molar-refractivity contribution in [1.29, 1.82) is 0 Å². The zero-order valence-electron chi connectivity index (χ0n) is 11.0. The van der Waals surface area contributed by atoms with E-state index in [1.54, 1.807) is 0 Å². The number of hydrogen-bond donors (Lipinski definition) is 0. The minimum atomic E-state index is 0.261. The molecule has 0 amide bonds. The quantitative estimate of drug-likeness (QED) is 0.774. The first-order chi connectivity index (χ1) is 8.15. The van der Waals surface area contributed by atoms with Crippen LogP contribution in [0.1, 0.15) is 38.7 Å². The second-order valence-electron chi connectivity index (χ2n) is 5.36. The van der Waals surface area contributed by atoms with Gasteiger partial charge >= 0.3 is 0 Å². The molecule has 94 valence electrons. The summed E-state index contributed by atoms with van der Waals surface area (Å²) in [6.07, 6.45) is 1.12. The molecule has 0 aromatic heterocycles. The summed E-state index contributed by atoms with van der Waals surface area (Å²) < 4.78 is 11.1. The molecule has 1 aromatic rings. The topological polar surface area (TPSA) is 18.5 Å². The molecule has 0 radical (unpaired) electrons. The van der Waals surface area contributed by atoms with Crippen LogP contribution in [0.4, 0.5) is 0 Å². The zero-order chi connectivity index (χ0) is 12.3. The van der Waals surface area contributed by atoms with Crippen LogP contribution in [0.25, 0.3) is 0 Å². The van der Waals surface area contributed by atoms with Crippen LogP contribution in [-0.2, 0) is 4.74 Å². The first kappa shape index (κ1) is 12.4. The fourth-order valence-electron chi connectivity index (χ4n) is 1.97. The average molecular weight is 234 g/mol. The molecule has 0 atom stereocenters. The molecular formula is C15H22O2. The lowest BCUT2D eigenvalue weighted by Crippen LogP contribution is -2.46. The summed E-state index contributed by atoms with van der Waals surface area (Å²) in [5.41, 5.74) is 1.62. The highest BCUT2D eigenvalue weighted by molar-refractivity contribution is 5.28. The van der Waals surface area contributed by atoms with E-state index in [9.17, 15) is 0 Å². The van der Waals surface area contributed by atoms with E-state index < -0.39 is 0 Å². The molecule has 1 aromatic carbocycles. The molecule has 1 heterocycles. The number of hydrogen-bond acceptors (Lipinski definition) is 2. The maximum Gasteiger partial charge on any atom is 0.119 e. The summed E-state index contributed by atoms with van der Waals surface area (Å²) >= 11 is 0. The Morgan fingerprint density at radius 2 is 1.88 bits per heavy atom. The Balaban J connectivity index is 1.91. The predicted molar refractivity (Wildman–Crippen MR) is 69.6 cm³/mol. The largest absolute Gasteiger partial charge is 0.493 e. The van der Waals surface area contributed by atoms with Crippen molar-refractivity contribution in [3.63, 3.8) is 0 Å². The molecule has 0 unspecified atom stereocenters.